The first-order valence-electron chi connectivity index (χ1n) is 5.49. The number of ether oxygens (including phenoxy) is 1. The lowest BCUT2D eigenvalue weighted by atomic mass is 9.85. The summed E-state index contributed by atoms with van der Waals surface area (Å²) in [5, 5.41) is 8.53. The summed E-state index contributed by atoms with van der Waals surface area (Å²) in [5.41, 5.74) is 1.44. The topological polar surface area (TPSA) is 50.1 Å². The van der Waals surface area contributed by atoms with E-state index in [1.54, 1.807) is 19.2 Å². The zero-order valence-corrected chi connectivity index (χ0v) is 10.7. The second-order valence-electron chi connectivity index (χ2n) is 4.92. The van der Waals surface area contributed by atoms with Crippen LogP contribution in [0.15, 0.2) is 18.2 Å². The molecule has 3 nitrogen and oxygen atoms in total. The lowest BCUT2D eigenvalue weighted by Gasteiger charge is -2.22. The summed E-state index contributed by atoms with van der Waals surface area (Å²) in [6, 6.07) is 7.17. The SMILES string of the molecule is COc1ccc(C(=O)CC#N)cc1C(C)(C)C. The van der Waals surface area contributed by atoms with E-state index in [1.165, 1.54) is 0 Å². The molecule has 0 saturated heterocycles. The molecule has 0 aliphatic carbocycles. The molecule has 0 heterocycles. The number of rotatable bonds is 3. The number of nitriles is 1. The zero-order chi connectivity index (χ0) is 13.1. The predicted molar refractivity (Wildman–Crippen MR) is 66.3 cm³/mol. The fourth-order valence-corrected chi connectivity index (χ4v) is 1.64. The Labute approximate surface area is 102 Å². The predicted octanol–water partition coefficient (Wildman–Crippen LogP) is 3.09. The Bertz CT molecular complexity index is 464. The highest BCUT2D eigenvalue weighted by Gasteiger charge is 2.20. The van der Waals surface area contributed by atoms with Crippen LogP contribution < -0.4 is 4.74 Å². The van der Waals surface area contributed by atoms with Gasteiger partial charge in [-0.15, -0.1) is 0 Å². The van der Waals surface area contributed by atoms with Crippen molar-refractivity contribution in [3.63, 3.8) is 0 Å². The molecule has 0 unspecified atom stereocenters. The maximum Gasteiger partial charge on any atom is 0.176 e. The molecule has 1 rings (SSSR count). The number of methoxy groups -OCH3 is 1. The van der Waals surface area contributed by atoms with Crippen LogP contribution in [0.3, 0.4) is 0 Å². The first kappa shape index (κ1) is 13.2. The van der Waals surface area contributed by atoms with Gasteiger partial charge in [0.1, 0.15) is 5.75 Å². The van der Waals surface area contributed by atoms with Crippen molar-refractivity contribution in [1.29, 1.82) is 5.26 Å². The summed E-state index contributed by atoms with van der Waals surface area (Å²) in [7, 11) is 1.61. The van der Waals surface area contributed by atoms with E-state index in [2.05, 4.69) is 20.8 Å². The number of hydrogen-bond acceptors (Lipinski definition) is 3. The van der Waals surface area contributed by atoms with E-state index in [1.807, 2.05) is 12.1 Å². The van der Waals surface area contributed by atoms with Crippen LogP contribution in [0.1, 0.15) is 43.1 Å². The number of Topliss-reactive ketones (excluding diaryl/α,β-unsaturated/α-hetero) is 1. The van der Waals surface area contributed by atoms with Gasteiger partial charge in [0, 0.05) is 11.1 Å². The third kappa shape index (κ3) is 3.07. The summed E-state index contributed by atoms with van der Waals surface area (Å²) in [6.45, 7) is 6.18. The molecule has 0 aromatic heterocycles. The number of benzene rings is 1. The van der Waals surface area contributed by atoms with Crippen LogP contribution in [0.5, 0.6) is 5.75 Å². The van der Waals surface area contributed by atoms with Crippen LogP contribution >= 0.6 is 0 Å². The second kappa shape index (κ2) is 5.01. The molecular formula is C14H17NO2. The Morgan fingerprint density at radius 2 is 2.06 bits per heavy atom. The van der Waals surface area contributed by atoms with Gasteiger partial charge in [-0.1, -0.05) is 20.8 Å². The molecule has 1 aromatic carbocycles. The number of carbonyl (C=O) groups excluding carboxylic acids is 1. The van der Waals surface area contributed by atoms with E-state index >= 15 is 0 Å². The van der Waals surface area contributed by atoms with Gasteiger partial charge in [0.25, 0.3) is 0 Å². The van der Waals surface area contributed by atoms with Gasteiger partial charge >= 0.3 is 0 Å². The van der Waals surface area contributed by atoms with Crippen LogP contribution in [0.25, 0.3) is 0 Å². The summed E-state index contributed by atoms with van der Waals surface area (Å²) < 4.78 is 5.29. The third-order valence-electron chi connectivity index (χ3n) is 2.57. The van der Waals surface area contributed by atoms with Gasteiger partial charge < -0.3 is 4.74 Å². The minimum absolute atomic E-state index is 0.0874. The Morgan fingerprint density at radius 1 is 1.41 bits per heavy atom. The van der Waals surface area contributed by atoms with Crippen molar-refractivity contribution in [1.82, 2.24) is 0 Å². The minimum Gasteiger partial charge on any atom is -0.496 e. The Morgan fingerprint density at radius 3 is 2.53 bits per heavy atom. The smallest absolute Gasteiger partial charge is 0.176 e. The van der Waals surface area contributed by atoms with Crippen LogP contribution in [-0.2, 0) is 5.41 Å². The summed E-state index contributed by atoms with van der Waals surface area (Å²) >= 11 is 0. The van der Waals surface area contributed by atoms with Crippen molar-refractivity contribution in [3.05, 3.63) is 29.3 Å². The van der Waals surface area contributed by atoms with Gasteiger partial charge in [-0.05, 0) is 23.6 Å². The molecule has 0 bridgehead atoms. The number of carbonyl (C=O) groups is 1. The Balaban J connectivity index is 3.24. The lowest BCUT2D eigenvalue weighted by Crippen LogP contribution is -2.14. The second-order valence-corrected chi connectivity index (χ2v) is 4.92. The van der Waals surface area contributed by atoms with Crippen molar-refractivity contribution >= 4 is 5.78 Å². The normalized spacial score (nSPS) is 10.8. The maximum absolute atomic E-state index is 11.7. The first-order valence-corrected chi connectivity index (χ1v) is 5.49. The van der Waals surface area contributed by atoms with Gasteiger partial charge in [-0.25, -0.2) is 0 Å². The Hall–Kier alpha value is -1.82. The zero-order valence-electron chi connectivity index (χ0n) is 10.7. The van der Waals surface area contributed by atoms with Gasteiger partial charge in [0.15, 0.2) is 5.78 Å². The van der Waals surface area contributed by atoms with Crippen molar-refractivity contribution in [2.45, 2.75) is 32.6 Å². The molecule has 1 aromatic rings. The first-order chi connectivity index (χ1) is 7.90. The molecule has 0 aliphatic rings. The van der Waals surface area contributed by atoms with E-state index in [4.69, 9.17) is 10.00 Å². The molecule has 0 atom stereocenters. The van der Waals surface area contributed by atoms with E-state index in [0.29, 0.717) is 5.56 Å². The summed E-state index contributed by atoms with van der Waals surface area (Å²) in [4.78, 5) is 11.7. The minimum atomic E-state index is -0.152. The monoisotopic (exact) mass is 231 g/mol. The highest BCUT2D eigenvalue weighted by molar-refractivity contribution is 5.97. The molecule has 0 radical (unpaired) electrons. The van der Waals surface area contributed by atoms with Gasteiger partial charge in [-0.3, -0.25) is 4.79 Å². The fourth-order valence-electron chi connectivity index (χ4n) is 1.64. The molecular weight excluding hydrogens is 214 g/mol. The molecule has 0 aliphatic heterocycles. The molecule has 90 valence electrons. The number of hydrogen-bond donors (Lipinski definition) is 0. The van der Waals surface area contributed by atoms with Crippen LogP contribution in [0.2, 0.25) is 0 Å². The standard InChI is InChI=1S/C14H17NO2/c1-14(2,3)11-9-10(12(16)7-8-15)5-6-13(11)17-4/h5-6,9H,7H2,1-4H3. The van der Waals surface area contributed by atoms with Crippen molar-refractivity contribution in [2.24, 2.45) is 0 Å². The molecule has 0 amide bonds. The summed E-state index contributed by atoms with van der Waals surface area (Å²) in [6.07, 6.45) is -0.0874. The van der Waals surface area contributed by atoms with E-state index in [0.717, 1.165) is 11.3 Å². The third-order valence-corrected chi connectivity index (χ3v) is 2.57. The molecule has 3 heteroatoms. The lowest BCUT2D eigenvalue weighted by molar-refractivity contribution is 0.0997. The van der Waals surface area contributed by atoms with Crippen molar-refractivity contribution in [2.75, 3.05) is 7.11 Å². The fraction of sp³-hybridized carbons (Fsp3) is 0.429. The quantitative estimate of drug-likeness (QED) is 0.751. The largest absolute Gasteiger partial charge is 0.496 e. The molecule has 0 fully saturated rings. The molecule has 17 heavy (non-hydrogen) atoms. The molecule has 0 saturated carbocycles. The molecule has 0 spiro atoms. The average Bonchev–Trinajstić information content (AvgIpc) is 2.27. The highest BCUT2D eigenvalue weighted by Crippen LogP contribution is 2.32. The van der Waals surface area contributed by atoms with E-state index in [-0.39, 0.29) is 17.6 Å². The van der Waals surface area contributed by atoms with Crippen LogP contribution in [-0.4, -0.2) is 12.9 Å². The van der Waals surface area contributed by atoms with Gasteiger partial charge in [0.05, 0.1) is 19.6 Å². The molecule has 0 N–H and O–H groups in total. The van der Waals surface area contributed by atoms with Gasteiger partial charge in [-0.2, -0.15) is 5.26 Å². The average molecular weight is 231 g/mol. The van der Waals surface area contributed by atoms with E-state index in [9.17, 15) is 4.79 Å². The van der Waals surface area contributed by atoms with E-state index < -0.39 is 0 Å². The highest BCUT2D eigenvalue weighted by atomic mass is 16.5. The maximum atomic E-state index is 11.7. The Kier molecular flexibility index (Phi) is 3.90. The number of ketones is 1. The number of nitrogens with zero attached hydrogens (tertiary/aromatic N) is 1. The summed E-state index contributed by atoms with van der Waals surface area (Å²) in [5.74, 6) is 0.617. The van der Waals surface area contributed by atoms with Gasteiger partial charge in [0.2, 0.25) is 0 Å². The van der Waals surface area contributed by atoms with Crippen LogP contribution in [0, 0.1) is 11.3 Å². The van der Waals surface area contributed by atoms with Crippen molar-refractivity contribution in [3.8, 4) is 11.8 Å². The van der Waals surface area contributed by atoms with Crippen LogP contribution in [0.4, 0.5) is 0 Å². The van der Waals surface area contributed by atoms with Crippen molar-refractivity contribution < 1.29 is 9.53 Å².